The van der Waals surface area contributed by atoms with Gasteiger partial charge < -0.3 is 4.74 Å². The van der Waals surface area contributed by atoms with Crippen LogP contribution < -0.4 is 0 Å². The molecule has 0 aromatic heterocycles. The minimum absolute atomic E-state index is 0.0134. The summed E-state index contributed by atoms with van der Waals surface area (Å²) in [6, 6.07) is 13.2. The van der Waals surface area contributed by atoms with Gasteiger partial charge in [-0.25, -0.2) is 9.78 Å². The molecule has 1 aliphatic heterocycles. The standard InChI is InChI=1S/C18H13ClN2O4/c1-2-25-18(22)15-13-9-4-3-8-12(16(13)20-17(15)19)11-7-5-6-10-14(11)21(23)24/h3-10H,2H2,1H3. The Hall–Kier alpha value is -2.99. The molecule has 0 saturated heterocycles. The van der Waals surface area contributed by atoms with Crippen molar-refractivity contribution in [2.45, 2.75) is 6.92 Å². The van der Waals surface area contributed by atoms with Crippen LogP contribution in [0, 0.1) is 10.1 Å². The van der Waals surface area contributed by atoms with Crippen LogP contribution in [0.3, 0.4) is 0 Å². The zero-order valence-corrected chi connectivity index (χ0v) is 14.0. The van der Waals surface area contributed by atoms with Gasteiger partial charge in [-0.2, -0.15) is 0 Å². The molecule has 7 heteroatoms. The highest BCUT2D eigenvalue weighted by Gasteiger charge is 2.27. The number of nitro groups is 1. The van der Waals surface area contributed by atoms with Crippen molar-refractivity contribution in [1.29, 1.82) is 0 Å². The molecule has 1 aromatic carbocycles. The van der Waals surface area contributed by atoms with Crippen molar-refractivity contribution < 1.29 is 14.5 Å². The molecular formula is C18H13ClN2O4. The lowest BCUT2D eigenvalue weighted by Gasteiger charge is -2.05. The molecule has 0 amide bonds. The first kappa shape index (κ1) is 16.9. The number of aromatic nitrogens is 1. The number of hydrogen-bond acceptors (Lipinski definition) is 5. The van der Waals surface area contributed by atoms with Crippen LogP contribution in [-0.4, -0.2) is 22.5 Å². The number of carbonyl (C=O) groups is 1. The zero-order valence-electron chi connectivity index (χ0n) is 13.2. The third-order valence-electron chi connectivity index (χ3n) is 3.70. The first-order valence-electron chi connectivity index (χ1n) is 7.53. The molecule has 0 N–H and O–H groups in total. The van der Waals surface area contributed by atoms with Gasteiger partial charge in [-0.15, -0.1) is 0 Å². The molecule has 2 aliphatic rings. The summed E-state index contributed by atoms with van der Waals surface area (Å²) in [6.07, 6.45) is 0. The van der Waals surface area contributed by atoms with Gasteiger partial charge in [0.2, 0.25) is 0 Å². The smallest absolute Gasteiger partial charge is 0.341 e. The number of halogens is 1. The number of para-hydroxylation sites is 1. The highest BCUT2D eigenvalue weighted by atomic mass is 35.5. The molecule has 126 valence electrons. The molecule has 0 fully saturated rings. The molecule has 3 rings (SSSR count). The van der Waals surface area contributed by atoms with E-state index >= 15 is 0 Å². The summed E-state index contributed by atoms with van der Waals surface area (Å²) >= 11 is 6.16. The van der Waals surface area contributed by atoms with Gasteiger partial charge in [0.15, 0.2) is 0 Å². The zero-order chi connectivity index (χ0) is 18.0. The SMILES string of the molecule is CCOC(=O)c1c2ccccc(-c3ccccc3[N+](=O)[O-])c-2nc1Cl. The summed E-state index contributed by atoms with van der Waals surface area (Å²) in [4.78, 5) is 27.4. The van der Waals surface area contributed by atoms with Crippen LogP contribution in [0.5, 0.6) is 0 Å². The number of hydrogen-bond donors (Lipinski definition) is 0. The van der Waals surface area contributed by atoms with E-state index in [1.54, 1.807) is 49.4 Å². The Morgan fingerprint density at radius 2 is 1.72 bits per heavy atom. The summed E-state index contributed by atoms with van der Waals surface area (Å²) in [6.45, 7) is 1.90. The molecule has 6 nitrogen and oxygen atoms in total. The van der Waals surface area contributed by atoms with Crippen LogP contribution in [0.4, 0.5) is 5.69 Å². The Morgan fingerprint density at radius 3 is 2.36 bits per heavy atom. The maximum atomic E-state index is 12.2. The molecule has 0 unspecified atom stereocenters. The fraction of sp³-hybridized carbons (Fsp3) is 0.111. The van der Waals surface area contributed by atoms with Crippen LogP contribution >= 0.6 is 11.6 Å². The quantitative estimate of drug-likeness (QED) is 0.388. The van der Waals surface area contributed by atoms with Gasteiger partial charge in [0, 0.05) is 17.2 Å². The van der Waals surface area contributed by atoms with Crippen molar-refractivity contribution in [3.63, 3.8) is 0 Å². The van der Waals surface area contributed by atoms with Crippen molar-refractivity contribution >= 4 is 23.3 Å². The summed E-state index contributed by atoms with van der Waals surface area (Å²) in [5, 5.41) is 11.4. The maximum absolute atomic E-state index is 12.2. The average Bonchev–Trinajstić information content (AvgIpc) is 2.78. The molecule has 1 aromatic rings. The fourth-order valence-electron chi connectivity index (χ4n) is 2.67. The molecular weight excluding hydrogens is 344 g/mol. The number of carbonyl (C=O) groups excluding carboxylic acids is 1. The highest BCUT2D eigenvalue weighted by Crippen LogP contribution is 2.40. The summed E-state index contributed by atoms with van der Waals surface area (Å²) < 4.78 is 5.04. The van der Waals surface area contributed by atoms with Gasteiger partial charge in [0.05, 0.1) is 22.8 Å². The summed E-state index contributed by atoms with van der Waals surface area (Å²) in [5.74, 6) is -0.574. The van der Waals surface area contributed by atoms with Crippen molar-refractivity contribution in [3.8, 4) is 22.4 Å². The second-order valence-electron chi connectivity index (χ2n) is 5.17. The minimum atomic E-state index is -0.574. The van der Waals surface area contributed by atoms with Crippen LogP contribution in [0.2, 0.25) is 5.15 Å². The Balaban J connectivity index is 2.26. The van der Waals surface area contributed by atoms with E-state index in [4.69, 9.17) is 16.3 Å². The van der Waals surface area contributed by atoms with Crippen LogP contribution in [0.25, 0.3) is 22.4 Å². The van der Waals surface area contributed by atoms with E-state index in [1.807, 2.05) is 0 Å². The second-order valence-corrected chi connectivity index (χ2v) is 5.52. The monoisotopic (exact) mass is 356 g/mol. The molecule has 0 saturated carbocycles. The van der Waals surface area contributed by atoms with Gasteiger partial charge >= 0.3 is 5.97 Å². The Kier molecular flexibility index (Phi) is 4.63. The van der Waals surface area contributed by atoms with Crippen molar-refractivity contribution in [2.75, 3.05) is 6.61 Å². The van der Waals surface area contributed by atoms with Gasteiger partial charge in [0.25, 0.3) is 5.69 Å². The molecule has 0 atom stereocenters. The lowest BCUT2D eigenvalue weighted by Crippen LogP contribution is -2.04. The van der Waals surface area contributed by atoms with E-state index in [9.17, 15) is 14.9 Å². The van der Waals surface area contributed by atoms with Crippen molar-refractivity contribution in [1.82, 2.24) is 4.98 Å². The van der Waals surface area contributed by atoms with E-state index in [1.165, 1.54) is 6.07 Å². The van der Waals surface area contributed by atoms with Crippen LogP contribution in [0.1, 0.15) is 17.3 Å². The Bertz CT molecular complexity index is 942. The topological polar surface area (TPSA) is 82.3 Å². The van der Waals surface area contributed by atoms with Gasteiger partial charge in [-0.1, -0.05) is 48.0 Å². The van der Waals surface area contributed by atoms with E-state index in [0.29, 0.717) is 22.4 Å². The maximum Gasteiger partial charge on any atom is 0.341 e. The van der Waals surface area contributed by atoms with Gasteiger partial charge in [-0.05, 0) is 13.0 Å². The molecule has 1 heterocycles. The van der Waals surface area contributed by atoms with Crippen LogP contribution in [0.15, 0.2) is 48.5 Å². The van der Waals surface area contributed by atoms with E-state index in [-0.39, 0.29) is 23.0 Å². The minimum Gasteiger partial charge on any atom is -0.462 e. The number of rotatable bonds is 4. The fourth-order valence-corrected chi connectivity index (χ4v) is 2.93. The van der Waals surface area contributed by atoms with Crippen molar-refractivity contribution in [2.24, 2.45) is 0 Å². The molecule has 1 aliphatic carbocycles. The lowest BCUT2D eigenvalue weighted by atomic mass is 9.99. The van der Waals surface area contributed by atoms with Gasteiger partial charge in [0.1, 0.15) is 10.7 Å². The predicted molar refractivity (Wildman–Crippen MR) is 93.9 cm³/mol. The van der Waals surface area contributed by atoms with Crippen molar-refractivity contribution in [3.05, 3.63) is 69.4 Å². The summed E-state index contributed by atoms with van der Waals surface area (Å²) in [7, 11) is 0. The van der Waals surface area contributed by atoms with E-state index < -0.39 is 10.9 Å². The Labute approximate surface area is 148 Å². The third kappa shape index (κ3) is 3.04. The first-order chi connectivity index (χ1) is 12.0. The average molecular weight is 357 g/mol. The number of nitro benzene ring substituents is 1. The molecule has 0 bridgehead atoms. The number of esters is 1. The predicted octanol–water partition coefficient (Wildman–Crippen LogP) is 4.59. The Morgan fingerprint density at radius 1 is 1.12 bits per heavy atom. The summed E-state index contributed by atoms with van der Waals surface area (Å²) in [5.41, 5.74) is 1.93. The van der Waals surface area contributed by atoms with E-state index in [2.05, 4.69) is 4.98 Å². The largest absolute Gasteiger partial charge is 0.462 e. The second kappa shape index (κ2) is 6.86. The molecule has 0 spiro atoms. The number of benzene rings is 1. The third-order valence-corrected chi connectivity index (χ3v) is 3.98. The normalized spacial score (nSPS) is 10.6. The number of fused-ring (bicyclic) bond motifs is 1. The lowest BCUT2D eigenvalue weighted by molar-refractivity contribution is -0.384. The highest BCUT2D eigenvalue weighted by molar-refractivity contribution is 6.34. The van der Waals surface area contributed by atoms with Gasteiger partial charge in [-0.3, -0.25) is 10.1 Å². The van der Waals surface area contributed by atoms with Crippen LogP contribution in [-0.2, 0) is 4.74 Å². The number of ether oxygens (including phenoxy) is 1. The van der Waals surface area contributed by atoms with E-state index in [0.717, 1.165) is 0 Å². The number of nitrogens with zero attached hydrogens (tertiary/aromatic N) is 2. The molecule has 25 heavy (non-hydrogen) atoms. The molecule has 0 radical (unpaired) electrons. The first-order valence-corrected chi connectivity index (χ1v) is 7.91.